The van der Waals surface area contributed by atoms with E-state index in [1.54, 1.807) is 19.3 Å². The van der Waals surface area contributed by atoms with Gasteiger partial charge in [0.1, 0.15) is 17.2 Å². The third-order valence-electron chi connectivity index (χ3n) is 4.18. The number of hydrogen-bond acceptors (Lipinski definition) is 6. The average molecular weight is 324 g/mol. The number of nitrogens with one attached hydrogen (secondary N) is 1. The number of carbonyl (C=O) groups excluding carboxylic acids is 1. The molecule has 0 spiro atoms. The zero-order valence-electron chi connectivity index (χ0n) is 13.2. The number of hydrogen-bond donors (Lipinski definition) is 1. The van der Waals surface area contributed by atoms with E-state index in [0.29, 0.717) is 24.5 Å². The lowest BCUT2D eigenvalue weighted by Crippen LogP contribution is -2.37. The van der Waals surface area contributed by atoms with Crippen molar-refractivity contribution in [1.29, 1.82) is 0 Å². The van der Waals surface area contributed by atoms with Crippen LogP contribution in [-0.2, 0) is 24.2 Å². The highest BCUT2D eigenvalue weighted by Crippen LogP contribution is 2.22. The van der Waals surface area contributed by atoms with Crippen LogP contribution in [0.3, 0.4) is 0 Å². The van der Waals surface area contributed by atoms with Gasteiger partial charge in [0.15, 0.2) is 0 Å². The molecule has 1 amide bonds. The highest BCUT2D eigenvalue weighted by atomic mass is 16.6. The molecule has 1 N–H and O–H groups in total. The Bertz CT molecular complexity index is 870. The van der Waals surface area contributed by atoms with Crippen molar-refractivity contribution in [2.75, 3.05) is 6.54 Å². The minimum Gasteiger partial charge on any atom is -0.340 e. The molecule has 24 heavy (non-hydrogen) atoms. The molecule has 0 saturated carbocycles. The Balaban J connectivity index is 1.50. The van der Waals surface area contributed by atoms with E-state index in [1.807, 2.05) is 17.0 Å². The standard InChI is InChI=1S/C16H16N6O2/c1-10-13(21-24-20-10)7-15(23)22-6-4-12-14(9-22)19-16(18-12)11-3-2-5-17-8-11/h2-3,5,8H,4,6-7,9H2,1H3,(H,18,19). The van der Waals surface area contributed by atoms with Crippen molar-refractivity contribution in [2.24, 2.45) is 0 Å². The predicted octanol–water partition coefficient (Wildman–Crippen LogP) is 1.29. The minimum absolute atomic E-state index is 0.0111. The number of rotatable bonds is 3. The highest BCUT2D eigenvalue weighted by Gasteiger charge is 2.25. The van der Waals surface area contributed by atoms with Gasteiger partial charge in [-0.3, -0.25) is 9.78 Å². The summed E-state index contributed by atoms with van der Waals surface area (Å²) in [5.74, 6) is 0.802. The van der Waals surface area contributed by atoms with Gasteiger partial charge in [0.2, 0.25) is 5.91 Å². The number of nitrogens with zero attached hydrogens (tertiary/aromatic N) is 5. The molecule has 0 saturated heterocycles. The summed E-state index contributed by atoms with van der Waals surface area (Å²) in [6.45, 7) is 2.95. The number of H-pyrrole nitrogens is 1. The summed E-state index contributed by atoms with van der Waals surface area (Å²) in [5.41, 5.74) is 4.17. The quantitative estimate of drug-likeness (QED) is 0.779. The van der Waals surface area contributed by atoms with E-state index in [9.17, 15) is 4.79 Å². The van der Waals surface area contributed by atoms with Gasteiger partial charge in [-0.2, -0.15) is 0 Å². The fraction of sp³-hybridized carbons (Fsp3) is 0.312. The third-order valence-corrected chi connectivity index (χ3v) is 4.18. The summed E-state index contributed by atoms with van der Waals surface area (Å²) in [4.78, 5) is 26.3. The molecule has 4 heterocycles. The van der Waals surface area contributed by atoms with Crippen LogP contribution in [0.25, 0.3) is 11.4 Å². The van der Waals surface area contributed by atoms with Crippen molar-refractivity contribution in [1.82, 2.24) is 30.2 Å². The molecule has 4 rings (SSSR count). The molecule has 8 nitrogen and oxygen atoms in total. The fourth-order valence-electron chi connectivity index (χ4n) is 2.81. The summed E-state index contributed by atoms with van der Waals surface area (Å²) in [6.07, 6.45) is 4.43. The molecule has 1 aliphatic heterocycles. The molecule has 1 aliphatic rings. The van der Waals surface area contributed by atoms with Crippen LogP contribution in [0.15, 0.2) is 29.2 Å². The smallest absolute Gasteiger partial charge is 0.229 e. The van der Waals surface area contributed by atoms with Crippen molar-refractivity contribution >= 4 is 5.91 Å². The summed E-state index contributed by atoms with van der Waals surface area (Å²) in [7, 11) is 0. The van der Waals surface area contributed by atoms with E-state index in [2.05, 4.69) is 29.9 Å². The maximum Gasteiger partial charge on any atom is 0.229 e. The van der Waals surface area contributed by atoms with E-state index in [0.717, 1.165) is 29.2 Å². The molecule has 0 unspecified atom stereocenters. The number of fused-ring (bicyclic) bond motifs is 1. The number of aromatic amines is 1. The molecule has 0 atom stereocenters. The van der Waals surface area contributed by atoms with Gasteiger partial charge in [0.05, 0.1) is 24.4 Å². The van der Waals surface area contributed by atoms with Crippen LogP contribution in [0.1, 0.15) is 22.8 Å². The van der Waals surface area contributed by atoms with Gasteiger partial charge in [0.25, 0.3) is 0 Å². The van der Waals surface area contributed by atoms with E-state index in [1.165, 1.54) is 0 Å². The number of imidazole rings is 1. The van der Waals surface area contributed by atoms with E-state index < -0.39 is 0 Å². The zero-order chi connectivity index (χ0) is 16.5. The molecule has 0 fully saturated rings. The van der Waals surface area contributed by atoms with E-state index in [-0.39, 0.29) is 12.3 Å². The van der Waals surface area contributed by atoms with Gasteiger partial charge >= 0.3 is 0 Å². The molecule has 3 aromatic heterocycles. The summed E-state index contributed by atoms with van der Waals surface area (Å²) in [5, 5.41) is 7.49. The van der Waals surface area contributed by atoms with Gasteiger partial charge in [-0.1, -0.05) is 10.3 Å². The maximum absolute atomic E-state index is 12.5. The SMILES string of the molecule is Cc1nonc1CC(=O)N1CCc2nc(-c3cccnc3)[nH]c2C1. The first-order valence-corrected chi connectivity index (χ1v) is 7.74. The average Bonchev–Trinajstić information content (AvgIpc) is 3.21. The van der Waals surface area contributed by atoms with Gasteiger partial charge in [-0.15, -0.1) is 0 Å². The number of pyridine rings is 1. The van der Waals surface area contributed by atoms with Crippen LogP contribution in [0.4, 0.5) is 0 Å². The van der Waals surface area contributed by atoms with Crippen LogP contribution in [0, 0.1) is 6.92 Å². The predicted molar refractivity (Wildman–Crippen MR) is 83.7 cm³/mol. The molecule has 0 radical (unpaired) electrons. The topological polar surface area (TPSA) is 101 Å². The van der Waals surface area contributed by atoms with Crippen LogP contribution < -0.4 is 0 Å². The molecule has 122 valence electrons. The van der Waals surface area contributed by atoms with E-state index >= 15 is 0 Å². The number of carbonyl (C=O) groups is 1. The van der Waals surface area contributed by atoms with Gasteiger partial charge in [-0.05, 0) is 19.1 Å². The lowest BCUT2D eigenvalue weighted by Gasteiger charge is -2.25. The highest BCUT2D eigenvalue weighted by molar-refractivity contribution is 5.78. The first-order valence-electron chi connectivity index (χ1n) is 7.74. The molecule has 8 heteroatoms. The number of aromatic nitrogens is 5. The molecule has 3 aromatic rings. The van der Waals surface area contributed by atoms with Crippen molar-refractivity contribution in [2.45, 2.75) is 26.3 Å². The van der Waals surface area contributed by atoms with Crippen molar-refractivity contribution in [3.63, 3.8) is 0 Å². The molecular weight excluding hydrogens is 308 g/mol. The lowest BCUT2D eigenvalue weighted by atomic mass is 10.1. The monoisotopic (exact) mass is 324 g/mol. The Labute approximate surface area is 137 Å². The Kier molecular flexibility index (Phi) is 3.56. The van der Waals surface area contributed by atoms with Crippen LogP contribution in [0.5, 0.6) is 0 Å². The van der Waals surface area contributed by atoms with Crippen molar-refractivity contribution < 1.29 is 9.42 Å². The first kappa shape index (κ1) is 14.6. The third kappa shape index (κ3) is 2.66. The van der Waals surface area contributed by atoms with Crippen molar-refractivity contribution in [3.05, 3.63) is 47.3 Å². The Morgan fingerprint density at radius 1 is 1.42 bits per heavy atom. The number of amides is 1. The van der Waals surface area contributed by atoms with Gasteiger partial charge in [0, 0.05) is 30.9 Å². The zero-order valence-corrected chi connectivity index (χ0v) is 13.2. The van der Waals surface area contributed by atoms with Crippen LogP contribution in [0.2, 0.25) is 0 Å². The largest absolute Gasteiger partial charge is 0.340 e. The van der Waals surface area contributed by atoms with Gasteiger partial charge < -0.3 is 9.88 Å². The summed E-state index contributed by atoms with van der Waals surface area (Å²) >= 11 is 0. The second-order valence-electron chi connectivity index (χ2n) is 5.79. The van der Waals surface area contributed by atoms with Gasteiger partial charge in [-0.25, -0.2) is 9.61 Å². The normalized spacial score (nSPS) is 13.8. The second-order valence-corrected chi connectivity index (χ2v) is 5.79. The van der Waals surface area contributed by atoms with Crippen LogP contribution in [-0.4, -0.2) is 42.6 Å². The lowest BCUT2D eigenvalue weighted by molar-refractivity contribution is -0.131. The Hall–Kier alpha value is -3.03. The molecule has 0 bridgehead atoms. The molecular formula is C16H16N6O2. The molecule has 0 aromatic carbocycles. The summed E-state index contributed by atoms with van der Waals surface area (Å²) < 4.78 is 4.65. The second kappa shape index (κ2) is 5.88. The molecule has 0 aliphatic carbocycles. The Morgan fingerprint density at radius 2 is 2.33 bits per heavy atom. The maximum atomic E-state index is 12.5. The van der Waals surface area contributed by atoms with E-state index in [4.69, 9.17) is 0 Å². The Morgan fingerprint density at radius 3 is 3.08 bits per heavy atom. The van der Waals surface area contributed by atoms with Crippen LogP contribution >= 0.6 is 0 Å². The summed E-state index contributed by atoms with van der Waals surface area (Å²) in [6, 6.07) is 3.83. The minimum atomic E-state index is 0.0111. The van der Waals surface area contributed by atoms with Crippen molar-refractivity contribution in [3.8, 4) is 11.4 Å². The number of aryl methyl sites for hydroxylation is 1. The first-order chi connectivity index (χ1) is 11.7. The fourth-order valence-corrected chi connectivity index (χ4v) is 2.81.